The molecule has 114 valence electrons. The summed E-state index contributed by atoms with van der Waals surface area (Å²) in [5, 5.41) is 3.52. The number of hydrogen-bond donors (Lipinski definition) is 1. The number of amides is 1. The minimum Gasteiger partial charge on any atom is -0.382 e. The summed E-state index contributed by atoms with van der Waals surface area (Å²) in [6.45, 7) is 4.55. The van der Waals surface area contributed by atoms with Crippen molar-refractivity contribution in [3.63, 3.8) is 0 Å². The highest BCUT2D eigenvalue weighted by Gasteiger charge is 2.20. The van der Waals surface area contributed by atoms with Crippen LogP contribution in [0.25, 0.3) is 0 Å². The van der Waals surface area contributed by atoms with E-state index >= 15 is 0 Å². The van der Waals surface area contributed by atoms with Gasteiger partial charge in [-0.3, -0.25) is 4.79 Å². The Labute approximate surface area is 127 Å². The van der Waals surface area contributed by atoms with Gasteiger partial charge in [0.1, 0.15) is 0 Å². The van der Waals surface area contributed by atoms with E-state index in [2.05, 4.69) is 35.3 Å². The number of nitrogens with zero attached hydrogens (tertiary/aromatic N) is 2. The third-order valence-corrected chi connectivity index (χ3v) is 4.61. The van der Waals surface area contributed by atoms with E-state index < -0.39 is 0 Å². The molecular weight excluding hydrogens is 262 g/mol. The molecule has 1 fully saturated rings. The van der Waals surface area contributed by atoms with Crippen LogP contribution in [0.3, 0.4) is 0 Å². The highest BCUT2D eigenvalue weighted by molar-refractivity contribution is 5.81. The van der Waals surface area contributed by atoms with E-state index in [9.17, 15) is 4.79 Å². The maximum atomic E-state index is 12.2. The van der Waals surface area contributed by atoms with E-state index in [-0.39, 0.29) is 5.91 Å². The summed E-state index contributed by atoms with van der Waals surface area (Å²) in [6, 6.07) is 7.04. The lowest BCUT2D eigenvalue weighted by Crippen LogP contribution is -2.37. The van der Waals surface area contributed by atoms with Crippen molar-refractivity contribution in [1.29, 1.82) is 0 Å². The van der Waals surface area contributed by atoms with E-state index in [0.29, 0.717) is 12.6 Å². The third-order valence-electron chi connectivity index (χ3n) is 4.61. The number of rotatable bonds is 3. The lowest BCUT2D eigenvalue weighted by Gasteiger charge is -2.27. The molecule has 1 atom stereocenters. The first-order chi connectivity index (χ1) is 10.1. The van der Waals surface area contributed by atoms with Gasteiger partial charge in [-0.25, -0.2) is 0 Å². The summed E-state index contributed by atoms with van der Waals surface area (Å²) in [5.41, 5.74) is 3.75. The van der Waals surface area contributed by atoms with Gasteiger partial charge in [-0.1, -0.05) is 0 Å². The van der Waals surface area contributed by atoms with Gasteiger partial charge in [0.25, 0.3) is 0 Å². The van der Waals surface area contributed by atoms with Gasteiger partial charge in [-0.05, 0) is 56.4 Å². The summed E-state index contributed by atoms with van der Waals surface area (Å²) in [7, 11) is 2.01. The average molecular weight is 287 g/mol. The predicted molar refractivity (Wildman–Crippen MR) is 86.9 cm³/mol. The van der Waals surface area contributed by atoms with Crippen molar-refractivity contribution in [2.45, 2.75) is 38.6 Å². The zero-order chi connectivity index (χ0) is 14.8. The van der Waals surface area contributed by atoms with Gasteiger partial charge >= 0.3 is 0 Å². The van der Waals surface area contributed by atoms with Crippen molar-refractivity contribution in [2.24, 2.45) is 0 Å². The smallest absolute Gasteiger partial charge is 0.242 e. The van der Waals surface area contributed by atoms with E-state index in [1.165, 1.54) is 17.7 Å². The second kappa shape index (κ2) is 5.96. The van der Waals surface area contributed by atoms with Crippen LogP contribution in [0.1, 0.15) is 31.7 Å². The Morgan fingerprint density at radius 1 is 1.38 bits per heavy atom. The average Bonchev–Trinajstić information content (AvgIpc) is 3.01. The van der Waals surface area contributed by atoms with Gasteiger partial charge < -0.3 is 15.1 Å². The Bertz CT molecular complexity index is 523. The fraction of sp³-hybridized carbons (Fsp3) is 0.588. The summed E-state index contributed by atoms with van der Waals surface area (Å²) >= 11 is 0. The number of anilines is 2. The Hall–Kier alpha value is -1.71. The summed E-state index contributed by atoms with van der Waals surface area (Å²) in [6.07, 6.45) is 4.59. The summed E-state index contributed by atoms with van der Waals surface area (Å²) in [5.74, 6) is 0.250. The first kappa shape index (κ1) is 14.2. The molecule has 1 saturated heterocycles. The van der Waals surface area contributed by atoms with Gasteiger partial charge in [-0.15, -0.1) is 0 Å². The van der Waals surface area contributed by atoms with Crippen LogP contribution in [-0.2, 0) is 11.2 Å². The summed E-state index contributed by atoms with van der Waals surface area (Å²) < 4.78 is 0. The molecule has 4 nitrogen and oxygen atoms in total. The number of likely N-dealkylation sites (N-methyl/N-ethyl adjacent to an activating group) is 1. The van der Waals surface area contributed by atoms with Gasteiger partial charge in [0.15, 0.2) is 0 Å². The maximum Gasteiger partial charge on any atom is 0.242 e. The minimum atomic E-state index is 0.250. The lowest BCUT2D eigenvalue weighted by molar-refractivity contribution is -0.128. The highest BCUT2D eigenvalue weighted by Crippen LogP contribution is 2.28. The Morgan fingerprint density at radius 3 is 2.90 bits per heavy atom. The Morgan fingerprint density at radius 2 is 2.14 bits per heavy atom. The van der Waals surface area contributed by atoms with Gasteiger partial charge in [-0.2, -0.15) is 0 Å². The van der Waals surface area contributed by atoms with Crippen molar-refractivity contribution in [3.05, 3.63) is 23.8 Å². The molecule has 2 aliphatic rings. The van der Waals surface area contributed by atoms with Crippen molar-refractivity contribution >= 4 is 17.3 Å². The van der Waals surface area contributed by atoms with E-state index in [1.807, 2.05) is 11.9 Å². The van der Waals surface area contributed by atoms with Crippen molar-refractivity contribution in [1.82, 2.24) is 4.90 Å². The van der Waals surface area contributed by atoms with E-state index in [1.54, 1.807) is 0 Å². The number of benzene rings is 1. The van der Waals surface area contributed by atoms with Gasteiger partial charge in [0, 0.05) is 37.6 Å². The normalized spacial score (nSPS) is 20.9. The number of aryl methyl sites for hydroxylation is 1. The molecule has 21 heavy (non-hydrogen) atoms. The molecule has 1 aromatic rings. The molecule has 0 saturated carbocycles. The fourth-order valence-electron chi connectivity index (χ4n) is 3.24. The fourth-order valence-corrected chi connectivity index (χ4v) is 3.24. The Balaban J connectivity index is 1.67. The second-order valence-corrected chi connectivity index (χ2v) is 6.37. The number of nitrogens with one attached hydrogen (secondary N) is 1. The number of carbonyl (C=O) groups is 1. The monoisotopic (exact) mass is 287 g/mol. The standard InChI is InChI=1S/C17H25N3O/c1-13-5-6-14-11-15(7-8-16(14)18-13)19(2)12-17(21)20-9-3-4-10-20/h7-8,11,13,18H,3-6,9-10,12H2,1-2H3. The van der Waals surface area contributed by atoms with Crippen LogP contribution in [0.5, 0.6) is 0 Å². The first-order valence-electron chi connectivity index (χ1n) is 8.02. The van der Waals surface area contributed by atoms with Crippen LogP contribution in [0.15, 0.2) is 18.2 Å². The molecule has 0 radical (unpaired) electrons. The van der Waals surface area contributed by atoms with Crippen LogP contribution in [0.2, 0.25) is 0 Å². The van der Waals surface area contributed by atoms with Crippen molar-refractivity contribution in [2.75, 3.05) is 36.9 Å². The SMILES string of the molecule is CC1CCc2cc(N(C)CC(=O)N3CCCC3)ccc2N1. The Kier molecular flexibility index (Phi) is 4.04. The number of hydrogen-bond acceptors (Lipinski definition) is 3. The van der Waals surface area contributed by atoms with Crippen LogP contribution >= 0.6 is 0 Å². The zero-order valence-corrected chi connectivity index (χ0v) is 13.1. The molecule has 3 rings (SSSR count). The molecule has 0 spiro atoms. The van der Waals surface area contributed by atoms with E-state index in [0.717, 1.165) is 38.0 Å². The van der Waals surface area contributed by atoms with Gasteiger partial charge in [0.2, 0.25) is 5.91 Å². The van der Waals surface area contributed by atoms with Crippen LogP contribution in [0.4, 0.5) is 11.4 Å². The molecule has 1 unspecified atom stereocenters. The van der Waals surface area contributed by atoms with Crippen LogP contribution in [-0.4, -0.2) is 43.5 Å². The van der Waals surface area contributed by atoms with E-state index in [4.69, 9.17) is 0 Å². The molecule has 1 amide bonds. The van der Waals surface area contributed by atoms with Crippen LogP contribution < -0.4 is 10.2 Å². The molecular formula is C17H25N3O. The number of fused-ring (bicyclic) bond motifs is 1. The lowest BCUT2D eigenvalue weighted by atomic mass is 9.98. The van der Waals surface area contributed by atoms with Gasteiger partial charge in [0.05, 0.1) is 6.54 Å². The number of likely N-dealkylation sites (tertiary alicyclic amines) is 1. The van der Waals surface area contributed by atoms with Crippen LogP contribution in [0, 0.1) is 0 Å². The zero-order valence-electron chi connectivity index (χ0n) is 13.1. The number of carbonyl (C=O) groups excluding carboxylic acids is 1. The molecule has 4 heteroatoms. The molecule has 0 aliphatic carbocycles. The second-order valence-electron chi connectivity index (χ2n) is 6.37. The first-order valence-corrected chi connectivity index (χ1v) is 8.02. The predicted octanol–water partition coefficient (Wildman–Crippen LogP) is 2.49. The third kappa shape index (κ3) is 3.14. The molecule has 0 bridgehead atoms. The molecule has 1 aromatic carbocycles. The summed E-state index contributed by atoms with van der Waals surface area (Å²) in [4.78, 5) is 16.3. The highest BCUT2D eigenvalue weighted by atomic mass is 16.2. The molecule has 0 aromatic heterocycles. The van der Waals surface area contributed by atoms with Crippen molar-refractivity contribution < 1.29 is 4.79 Å². The molecule has 1 N–H and O–H groups in total. The quantitative estimate of drug-likeness (QED) is 0.928. The largest absolute Gasteiger partial charge is 0.382 e. The molecule has 2 heterocycles. The maximum absolute atomic E-state index is 12.2. The van der Waals surface area contributed by atoms with Crippen molar-refractivity contribution in [3.8, 4) is 0 Å². The topological polar surface area (TPSA) is 35.6 Å². The molecule has 2 aliphatic heterocycles. The minimum absolute atomic E-state index is 0.250.